The molecule has 3 rings (SSSR count). The Kier molecular flexibility index (Phi) is 5.50. The van der Waals surface area contributed by atoms with Gasteiger partial charge in [-0.25, -0.2) is 4.79 Å². The van der Waals surface area contributed by atoms with Crippen molar-refractivity contribution in [1.82, 2.24) is 9.55 Å². The number of H-pyrrole nitrogens is 1. The molecular weight excluding hydrogens is 448 g/mol. The maximum absolute atomic E-state index is 12.5. The van der Waals surface area contributed by atoms with E-state index < -0.39 is 11.2 Å². The molecule has 1 aromatic heterocycles. The average Bonchev–Trinajstić information content (AvgIpc) is 2.60. The summed E-state index contributed by atoms with van der Waals surface area (Å²) in [5.74, 6) is 0. The molecule has 0 saturated heterocycles. The first-order valence-electron chi connectivity index (χ1n) is 7.54. The molecule has 0 aliphatic heterocycles. The molecule has 0 amide bonds. The quantitative estimate of drug-likeness (QED) is 0.630. The van der Waals surface area contributed by atoms with E-state index in [0.29, 0.717) is 8.96 Å². The van der Waals surface area contributed by atoms with E-state index in [-0.39, 0.29) is 6.04 Å². The van der Waals surface area contributed by atoms with Gasteiger partial charge in [0.05, 0.1) is 15.0 Å². The zero-order valence-electron chi connectivity index (χ0n) is 13.0. The molecule has 126 valence electrons. The van der Waals surface area contributed by atoms with Crippen LogP contribution < -0.4 is 11.2 Å². The molecule has 1 heterocycles. The Labute approximate surface area is 161 Å². The maximum Gasteiger partial charge on any atom is 0.329 e. The van der Waals surface area contributed by atoms with Crippen LogP contribution in [0, 0.1) is 0 Å². The minimum Gasteiger partial charge on any atom is -0.288 e. The number of hydrogen-bond donors (Lipinski definition) is 1. The lowest BCUT2D eigenvalue weighted by Gasteiger charge is -2.21. The molecule has 6 heteroatoms. The van der Waals surface area contributed by atoms with Gasteiger partial charge in [-0.15, -0.1) is 0 Å². The molecule has 0 saturated carbocycles. The van der Waals surface area contributed by atoms with E-state index in [9.17, 15) is 9.59 Å². The molecule has 1 N–H and O–H groups in total. The number of halogens is 2. The first-order chi connectivity index (χ1) is 12.1. The van der Waals surface area contributed by atoms with E-state index >= 15 is 0 Å². The van der Waals surface area contributed by atoms with Gasteiger partial charge < -0.3 is 0 Å². The van der Waals surface area contributed by atoms with Gasteiger partial charge in [-0.3, -0.25) is 14.3 Å². The predicted molar refractivity (Wildman–Crippen MR) is 107 cm³/mol. The molecule has 4 nitrogen and oxygen atoms in total. The number of benzene rings is 2. The van der Waals surface area contributed by atoms with Crippen LogP contribution in [-0.4, -0.2) is 9.55 Å². The Morgan fingerprint density at radius 3 is 1.92 bits per heavy atom. The van der Waals surface area contributed by atoms with Gasteiger partial charge >= 0.3 is 5.69 Å². The maximum atomic E-state index is 12.5. The van der Waals surface area contributed by atoms with Crippen LogP contribution in [0.5, 0.6) is 0 Å². The van der Waals surface area contributed by atoms with E-state index in [1.165, 1.54) is 0 Å². The van der Waals surface area contributed by atoms with Gasteiger partial charge in [-0.05, 0) is 49.1 Å². The fourth-order valence-corrected chi connectivity index (χ4v) is 3.19. The zero-order valence-corrected chi connectivity index (χ0v) is 16.2. The molecule has 0 unspecified atom stereocenters. The number of rotatable bonds is 4. The lowest BCUT2D eigenvalue weighted by atomic mass is 9.98. The summed E-state index contributed by atoms with van der Waals surface area (Å²) >= 11 is 6.51. The van der Waals surface area contributed by atoms with Gasteiger partial charge in [-0.1, -0.05) is 60.7 Å². The Morgan fingerprint density at radius 1 is 0.920 bits per heavy atom. The van der Waals surface area contributed by atoms with Gasteiger partial charge in [0.25, 0.3) is 5.56 Å². The van der Waals surface area contributed by atoms with Crippen molar-refractivity contribution in [2.24, 2.45) is 0 Å². The Balaban J connectivity index is 2.26. The second kappa shape index (κ2) is 7.80. The zero-order chi connectivity index (χ0) is 17.8. The van der Waals surface area contributed by atoms with E-state index in [0.717, 1.165) is 11.1 Å². The first-order valence-corrected chi connectivity index (χ1v) is 9.13. The summed E-state index contributed by atoms with van der Waals surface area (Å²) in [5, 5.41) is 0. The standard InChI is InChI=1S/C19H14Br2N2O2/c20-16(21)11-15-12-23(19(25)22-18(15)24)17(13-7-3-1-4-8-13)14-9-5-2-6-10-14/h1-12,17H,(H,22,24,25). The summed E-state index contributed by atoms with van der Waals surface area (Å²) in [5.41, 5.74) is 1.40. The van der Waals surface area contributed by atoms with Crippen molar-refractivity contribution < 1.29 is 0 Å². The van der Waals surface area contributed by atoms with Crippen LogP contribution in [0.15, 0.2) is 79.8 Å². The molecule has 3 aromatic rings. The number of aromatic nitrogens is 2. The van der Waals surface area contributed by atoms with Crippen molar-refractivity contribution >= 4 is 37.9 Å². The van der Waals surface area contributed by atoms with Crippen LogP contribution in [0.4, 0.5) is 0 Å². The minimum absolute atomic E-state index is 0.340. The normalized spacial score (nSPS) is 10.7. The smallest absolute Gasteiger partial charge is 0.288 e. The molecular formula is C19H14Br2N2O2. The van der Waals surface area contributed by atoms with E-state index in [1.54, 1.807) is 16.8 Å². The number of aromatic amines is 1. The largest absolute Gasteiger partial charge is 0.329 e. The highest BCUT2D eigenvalue weighted by Gasteiger charge is 2.18. The van der Waals surface area contributed by atoms with Gasteiger partial charge in [-0.2, -0.15) is 0 Å². The SMILES string of the molecule is O=c1[nH]c(=O)n(C(c2ccccc2)c2ccccc2)cc1C=C(Br)Br. The van der Waals surface area contributed by atoms with Crippen molar-refractivity contribution in [3.63, 3.8) is 0 Å². The summed E-state index contributed by atoms with van der Waals surface area (Å²) in [4.78, 5) is 27.0. The van der Waals surface area contributed by atoms with Crippen molar-refractivity contribution in [3.05, 3.63) is 108 Å². The highest BCUT2D eigenvalue weighted by molar-refractivity contribution is 9.28. The second-order valence-electron chi connectivity index (χ2n) is 5.41. The van der Waals surface area contributed by atoms with Crippen molar-refractivity contribution in [2.75, 3.05) is 0 Å². The Bertz CT molecular complexity index is 965. The van der Waals surface area contributed by atoms with Crippen molar-refractivity contribution in [2.45, 2.75) is 6.04 Å². The van der Waals surface area contributed by atoms with Crippen molar-refractivity contribution in [1.29, 1.82) is 0 Å². The highest BCUT2D eigenvalue weighted by atomic mass is 79.9. The van der Waals surface area contributed by atoms with Crippen LogP contribution >= 0.6 is 31.9 Å². The highest BCUT2D eigenvalue weighted by Crippen LogP contribution is 2.25. The Morgan fingerprint density at radius 2 is 1.44 bits per heavy atom. The molecule has 25 heavy (non-hydrogen) atoms. The molecule has 2 aromatic carbocycles. The topological polar surface area (TPSA) is 54.9 Å². The molecule has 0 fully saturated rings. The van der Waals surface area contributed by atoms with Crippen LogP contribution in [-0.2, 0) is 0 Å². The van der Waals surface area contributed by atoms with Gasteiger partial charge in [0.2, 0.25) is 0 Å². The monoisotopic (exact) mass is 460 g/mol. The Hall–Kier alpha value is -2.18. The summed E-state index contributed by atoms with van der Waals surface area (Å²) in [6.07, 6.45) is 3.19. The van der Waals surface area contributed by atoms with Gasteiger partial charge in [0.1, 0.15) is 0 Å². The first kappa shape index (κ1) is 17.6. The van der Waals surface area contributed by atoms with E-state index in [2.05, 4.69) is 36.8 Å². The molecule has 0 bridgehead atoms. The summed E-state index contributed by atoms with van der Waals surface area (Å²) in [6.45, 7) is 0. The van der Waals surface area contributed by atoms with Crippen LogP contribution in [0.2, 0.25) is 0 Å². The molecule has 0 spiro atoms. The summed E-state index contributed by atoms with van der Waals surface area (Å²) in [6, 6.07) is 19.1. The van der Waals surface area contributed by atoms with Crippen LogP contribution in [0.3, 0.4) is 0 Å². The molecule has 0 radical (unpaired) electrons. The fourth-order valence-electron chi connectivity index (χ4n) is 2.70. The third-order valence-electron chi connectivity index (χ3n) is 3.77. The summed E-state index contributed by atoms with van der Waals surface area (Å²) in [7, 11) is 0. The molecule has 0 aliphatic carbocycles. The average molecular weight is 462 g/mol. The van der Waals surface area contributed by atoms with Gasteiger partial charge in [0, 0.05) is 6.20 Å². The van der Waals surface area contributed by atoms with E-state index in [4.69, 9.17) is 0 Å². The third-order valence-corrected chi connectivity index (χ3v) is 4.23. The van der Waals surface area contributed by atoms with Crippen molar-refractivity contribution in [3.8, 4) is 0 Å². The number of nitrogens with one attached hydrogen (secondary N) is 1. The predicted octanol–water partition coefficient (Wildman–Crippen LogP) is 4.26. The lowest BCUT2D eigenvalue weighted by Crippen LogP contribution is -2.34. The van der Waals surface area contributed by atoms with Crippen LogP contribution in [0.1, 0.15) is 22.7 Å². The van der Waals surface area contributed by atoms with Crippen LogP contribution in [0.25, 0.3) is 6.08 Å². The number of nitrogens with zero attached hydrogens (tertiary/aromatic N) is 1. The number of hydrogen-bond acceptors (Lipinski definition) is 2. The lowest BCUT2D eigenvalue weighted by molar-refractivity contribution is 0.625. The molecule has 0 atom stereocenters. The third kappa shape index (κ3) is 4.08. The fraction of sp³-hybridized carbons (Fsp3) is 0.0526. The van der Waals surface area contributed by atoms with E-state index in [1.807, 2.05) is 60.7 Å². The second-order valence-corrected chi connectivity index (χ2v) is 8.18. The molecule has 0 aliphatic rings. The minimum atomic E-state index is -0.453. The van der Waals surface area contributed by atoms with Gasteiger partial charge in [0.15, 0.2) is 0 Å². The summed E-state index contributed by atoms with van der Waals surface area (Å²) < 4.78 is 2.16.